The van der Waals surface area contributed by atoms with Gasteiger partial charge in [0.15, 0.2) is 0 Å². The number of ether oxygens (including phenoxy) is 1. The average molecular weight is 201 g/mol. The quantitative estimate of drug-likeness (QED) is 0.521. The van der Waals surface area contributed by atoms with Crippen LogP contribution in [0.5, 0.6) is 0 Å². The minimum absolute atomic E-state index is 0.0916. The summed E-state index contributed by atoms with van der Waals surface area (Å²) in [6.07, 6.45) is 3.44. The van der Waals surface area contributed by atoms with Crippen molar-refractivity contribution in [1.29, 1.82) is 0 Å². The monoisotopic (exact) mass is 201 g/mol. The van der Waals surface area contributed by atoms with Gasteiger partial charge in [-0.3, -0.25) is 0 Å². The van der Waals surface area contributed by atoms with E-state index in [1.54, 1.807) is 0 Å². The highest BCUT2D eigenvalue weighted by Crippen LogP contribution is 2.17. The molecule has 1 fully saturated rings. The molecule has 0 spiro atoms. The van der Waals surface area contributed by atoms with Crippen molar-refractivity contribution in [3.63, 3.8) is 0 Å². The van der Waals surface area contributed by atoms with Gasteiger partial charge in [0.2, 0.25) is 0 Å². The highest BCUT2D eigenvalue weighted by atomic mass is 16.5. The normalized spacial score (nSPS) is 16.1. The number of carbonyl (C=O) groups is 1. The minimum atomic E-state index is -0.0916. The van der Waals surface area contributed by atoms with Gasteiger partial charge >= 0.3 is 6.03 Å². The fraction of sp³-hybridized carbons (Fsp3) is 0.889. The van der Waals surface area contributed by atoms with Gasteiger partial charge in [0.25, 0.3) is 0 Å². The number of hydrogen-bond donors (Lipinski definition) is 3. The Bertz CT molecular complexity index is 171. The molecule has 1 aliphatic carbocycles. The highest BCUT2D eigenvalue weighted by molar-refractivity contribution is 5.74. The zero-order chi connectivity index (χ0) is 10.2. The van der Waals surface area contributed by atoms with Crippen LogP contribution in [-0.2, 0) is 4.74 Å². The Labute approximate surface area is 84.4 Å². The molecule has 1 aliphatic rings. The lowest BCUT2D eigenvalue weighted by Gasteiger charge is -2.26. The molecule has 2 amide bonds. The Kier molecular flexibility index (Phi) is 5.32. The lowest BCUT2D eigenvalue weighted by atomic mass is 9.93. The van der Waals surface area contributed by atoms with Crippen molar-refractivity contribution in [3.8, 4) is 0 Å². The van der Waals surface area contributed by atoms with Gasteiger partial charge in [-0.05, 0) is 19.3 Å². The molecule has 0 radical (unpaired) electrons. The van der Waals surface area contributed by atoms with E-state index >= 15 is 0 Å². The van der Waals surface area contributed by atoms with Gasteiger partial charge in [-0.2, -0.15) is 0 Å². The Morgan fingerprint density at radius 2 is 2.21 bits per heavy atom. The van der Waals surface area contributed by atoms with Crippen LogP contribution in [0, 0.1) is 0 Å². The van der Waals surface area contributed by atoms with Crippen LogP contribution < -0.4 is 16.4 Å². The Morgan fingerprint density at radius 1 is 1.43 bits per heavy atom. The molecule has 0 unspecified atom stereocenters. The molecule has 82 valence electrons. The van der Waals surface area contributed by atoms with Crippen molar-refractivity contribution in [2.75, 3.05) is 26.3 Å². The molecule has 1 saturated carbocycles. The van der Waals surface area contributed by atoms with E-state index in [1.807, 2.05) is 0 Å². The lowest BCUT2D eigenvalue weighted by molar-refractivity contribution is 0.143. The van der Waals surface area contributed by atoms with Crippen molar-refractivity contribution < 1.29 is 9.53 Å². The smallest absolute Gasteiger partial charge is 0.315 e. The second kappa shape index (κ2) is 6.62. The van der Waals surface area contributed by atoms with Crippen LogP contribution in [-0.4, -0.2) is 38.4 Å². The summed E-state index contributed by atoms with van der Waals surface area (Å²) in [5, 5.41) is 5.60. The Hall–Kier alpha value is -0.810. The molecule has 0 aromatic heterocycles. The van der Waals surface area contributed by atoms with Gasteiger partial charge < -0.3 is 21.1 Å². The predicted molar refractivity (Wildman–Crippen MR) is 54.0 cm³/mol. The molecule has 1 rings (SSSR count). The van der Waals surface area contributed by atoms with Gasteiger partial charge in [-0.25, -0.2) is 4.79 Å². The summed E-state index contributed by atoms with van der Waals surface area (Å²) in [6, 6.07) is 0.297. The van der Waals surface area contributed by atoms with Crippen LogP contribution in [0.1, 0.15) is 19.3 Å². The number of hydrogen-bond acceptors (Lipinski definition) is 3. The number of rotatable bonds is 6. The summed E-state index contributed by atoms with van der Waals surface area (Å²) in [5.74, 6) is 0. The van der Waals surface area contributed by atoms with E-state index in [9.17, 15) is 4.79 Å². The maximum atomic E-state index is 11.2. The summed E-state index contributed by atoms with van der Waals surface area (Å²) < 4.78 is 5.11. The molecule has 0 aromatic carbocycles. The number of nitrogens with one attached hydrogen (secondary N) is 2. The minimum Gasteiger partial charge on any atom is -0.378 e. The van der Waals surface area contributed by atoms with Crippen molar-refractivity contribution in [3.05, 3.63) is 0 Å². The molecule has 0 heterocycles. The van der Waals surface area contributed by atoms with E-state index in [2.05, 4.69) is 10.6 Å². The Balaban J connectivity index is 1.87. The maximum Gasteiger partial charge on any atom is 0.315 e. The molecule has 5 nitrogen and oxygen atoms in total. The molecule has 0 bridgehead atoms. The molecular formula is C9H19N3O2. The number of urea groups is 1. The van der Waals surface area contributed by atoms with Crippen LogP contribution in [0.15, 0.2) is 0 Å². The fourth-order valence-corrected chi connectivity index (χ4v) is 1.21. The first-order chi connectivity index (χ1) is 6.83. The molecule has 0 saturated heterocycles. The third-order valence-electron chi connectivity index (χ3n) is 2.23. The van der Waals surface area contributed by atoms with Gasteiger partial charge in [0, 0.05) is 19.1 Å². The summed E-state index contributed by atoms with van der Waals surface area (Å²) >= 11 is 0. The first-order valence-corrected chi connectivity index (χ1v) is 5.15. The first-order valence-electron chi connectivity index (χ1n) is 5.15. The third kappa shape index (κ3) is 4.43. The standard InChI is InChI=1S/C9H19N3O2/c10-4-6-14-7-5-11-9(13)12-8-2-1-3-8/h8H,1-7,10H2,(H2,11,12,13). The van der Waals surface area contributed by atoms with Crippen LogP contribution in [0.3, 0.4) is 0 Å². The number of nitrogens with two attached hydrogens (primary N) is 1. The van der Waals surface area contributed by atoms with E-state index < -0.39 is 0 Å². The van der Waals surface area contributed by atoms with E-state index in [-0.39, 0.29) is 6.03 Å². The van der Waals surface area contributed by atoms with Crippen LogP contribution in [0.4, 0.5) is 4.79 Å². The van der Waals surface area contributed by atoms with Gasteiger partial charge in [-0.1, -0.05) is 0 Å². The van der Waals surface area contributed by atoms with E-state index in [4.69, 9.17) is 10.5 Å². The number of amides is 2. The summed E-state index contributed by atoms with van der Waals surface area (Å²) in [7, 11) is 0. The van der Waals surface area contributed by atoms with Crippen molar-refractivity contribution >= 4 is 6.03 Å². The molecule has 14 heavy (non-hydrogen) atoms. The number of carbonyl (C=O) groups excluding carboxylic acids is 1. The predicted octanol–water partition coefficient (Wildman–Crippen LogP) is -0.187. The summed E-state index contributed by atoms with van der Waals surface area (Å²) in [6.45, 7) is 2.13. The largest absolute Gasteiger partial charge is 0.378 e. The third-order valence-corrected chi connectivity index (χ3v) is 2.23. The van der Waals surface area contributed by atoms with Crippen LogP contribution in [0.25, 0.3) is 0 Å². The maximum absolute atomic E-state index is 11.2. The van der Waals surface area contributed by atoms with Crippen molar-refractivity contribution in [2.24, 2.45) is 5.73 Å². The lowest BCUT2D eigenvalue weighted by Crippen LogP contribution is -2.45. The van der Waals surface area contributed by atoms with E-state index in [1.165, 1.54) is 6.42 Å². The molecular weight excluding hydrogens is 182 g/mol. The topological polar surface area (TPSA) is 76.4 Å². The molecule has 5 heteroatoms. The zero-order valence-corrected chi connectivity index (χ0v) is 8.42. The molecule has 4 N–H and O–H groups in total. The Morgan fingerprint density at radius 3 is 2.79 bits per heavy atom. The van der Waals surface area contributed by atoms with Crippen LogP contribution in [0.2, 0.25) is 0 Å². The SMILES string of the molecule is NCCOCCNC(=O)NC1CCC1. The zero-order valence-electron chi connectivity index (χ0n) is 8.42. The second-order valence-corrected chi connectivity index (χ2v) is 3.43. The van der Waals surface area contributed by atoms with Gasteiger partial charge in [-0.15, -0.1) is 0 Å². The van der Waals surface area contributed by atoms with Crippen molar-refractivity contribution in [2.45, 2.75) is 25.3 Å². The second-order valence-electron chi connectivity index (χ2n) is 3.43. The van der Waals surface area contributed by atoms with E-state index in [0.29, 0.717) is 32.3 Å². The first kappa shape index (κ1) is 11.3. The molecule has 0 atom stereocenters. The molecule has 0 aliphatic heterocycles. The van der Waals surface area contributed by atoms with Crippen LogP contribution >= 0.6 is 0 Å². The van der Waals surface area contributed by atoms with E-state index in [0.717, 1.165) is 12.8 Å². The summed E-state index contributed by atoms with van der Waals surface area (Å²) in [5.41, 5.74) is 5.24. The van der Waals surface area contributed by atoms with Gasteiger partial charge in [0.05, 0.1) is 13.2 Å². The average Bonchev–Trinajstić information content (AvgIpc) is 2.11. The van der Waals surface area contributed by atoms with Gasteiger partial charge in [0.1, 0.15) is 0 Å². The summed E-state index contributed by atoms with van der Waals surface area (Å²) in [4.78, 5) is 11.2. The fourth-order valence-electron chi connectivity index (χ4n) is 1.21. The molecule has 0 aromatic rings. The highest BCUT2D eigenvalue weighted by Gasteiger charge is 2.18. The van der Waals surface area contributed by atoms with Crippen molar-refractivity contribution in [1.82, 2.24) is 10.6 Å².